The third kappa shape index (κ3) is 3.70. The number of nitrogens with zero attached hydrogens (tertiary/aromatic N) is 3. The molecule has 23 heavy (non-hydrogen) atoms. The molecule has 0 radical (unpaired) electrons. The summed E-state index contributed by atoms with van der Waals surface area (Å²) >= 11 is 0. The van der Waals surface area contributed by atoms with Crippen LogP contribution in [0.4, 0.5) is 5.95 Å². The summed E-state index contributed by atoms with van der Waals surface area (Å²) in [7, 11) is 1.60. The highest BCUT2D eigenvalue weighted by molar-refractivity contribution is 5.90. The minimum absolute atomic E-state index is 0.182. The molecule has 2 N–H and O–H groups in total. The molecule has 7 heteroatoms. The predicted octanol–water partition coefficient (Wildman–Crippen LogP) is 2.06. The van der Waals surface area contributed by atoms with Gasteiger partial charge in [-0.25, -0.2) is 0 Å². The van der Waals surface area contributed by atoms with Crippen LogP contribution in [-0.4, -0.2) is 33.2 Å². The Hall–Kier alpha value is -3.22. The van der Waals surface area contributed by atoms with Crippen molar-refractivity contribution >= 4 is 11.9 Å². The van der Waals surface area contributed by atoms with Crippen LogP contribution in [0.25, 0.3) is 11.5 Å². The number of carbonyl (C=O) groups excluding carboxylic acids is 1. The van der Waals surface area contributed by atoms with Crippen LogP contribution in [0, 0.1) is 0 Å². The minimum atomic E-state index is -0.182. The Labute approximate surface area is 132 Å². The van der Waals surface area contributed by atoms with Crippen molar-refractivity contribution in [3.63, 3.8) is 0 Å². The molecule has 3 aromatic rings. The van der Waals surface area contributed by atoms with Crippen LogP contribution in [0.15, 0.2) is 48.7 Å². The Morgan fingerprint density at radius 3 is 2.70 bits per heavy atom. The van der Waals surface area contributed by atoms with Crippen molar-refractivity contribution in [2.75, 3.05) is 12.4 Å². The van der Waals surface area contributed by atoms with Gasteiger partial charge in [0.05, 0.1) is 13.5 Å². The van der Waals surface area contributed by atoms with Gasteiger partial charge in [-0.15, -0.1) is 10.2 Å². The Morgan fingerprint density at radius 1 is 1.17 bits per heavy atom. The summed E-state index contributed by atoms with van der Waals surface area (Å²) in [5.74, 6) is 1.37. The summed E-state index contributed by atoms with van der Waals surface area (Å²) in [6.07, 6.45) is 1.91. The summed E-state index contributed by atoms with van der Waals surface area (Å²) in [6, 6.07) is 12.8. The van der Waals surface area contributed by atoms with Gasteiger partial charge in [-0.1, -0.05) is 18.2 Å². The van der Waals surface area contributed by atoms with E-state index in [1.165, 1.54) is 0 Å². The van der Waals surface area contributed by atoms with Gasteiger partial charge in [-0.2, -0.15) is 0 Å². The molecule has 2 heterocycles. The first-order valence-electron chi connectivity index (χ1n) is 7.01. The van der Waals surface area contributed by atoms with Crippen molar-refractivity contribution < 1.29 is 9.53 Å². The maximum Gasteiger partial charge on any atom is 0.231 e. The van der Waals surface area contributed by atoms with Gasteiger partial charge in [-0.3, -0.25) is 15.1 Å². The molecule has 2 aromatic heterocycles. The van der Waals surface area contributed by atoms with Crippen LogP contribution in [0.2, 0.25) is 0 Å². The molecule has 0 fully saturated rings. The van der Waals surface area contributed by atoms with E-state index in [0.717, 1.165) is 11.3 Å². The average molecular weight is 309 g/mol. The number of methoxy groups -OCH3 is 1. The molecular formula is C16H15N5O2. The standard InChI is InChI=1S/C16H15N5O2/c1-23-12-7-5-11(6-8-12)10-14(22)18-16-19-15(20-21-16)13-4-2-3-9-17-13/h2-9H,10H2,1H3,(H2,18,19,20,21,22). The van der Waals surface area contributed by atoms with E-state index < -0.39 is 0 Å². The average Bonchev–Trinajstić information content (AvgIpc) is 3.04. The number of pyridine rings is 1. The monoisotopic (exact) mass is 309 g/mol. The lowest BCUT2D eigenvalue weighted by Crippen LogP contribution is -2.15. The molecule has 0 saturated carbocycles. The molecule has 3 rings (SSSR count). The number of aromatic nitrogens is 4. The van der Waals surface area contributed by atoms with E-state index in [-0.39, 0.29) is 12.3 Å². The number of nitrogens with one attached hydrogen (secondary N) is 2. The number of ether oxygens (including phenoxy) is 1. The number of anilines is 1. The predicted molar refractivity (Wildman–Crippen MR) is 84.9 cm³/mol. The molecule has 0 spiro atoms. The van der Waals surface area contributed by atoms with Gasteiger partial charge < -0.3 is 9.72 Å². The number of aromatic amines is 1. The van der Waals surface area contributed by atoms with Crippen LogP contribution >= 0.6 is 0 Å². The third-order valence-corrected chi connectivity index (χ3v) is 3.18. The number of amides is 1. The number of hydrogen-bond donors (Lipinski definition) is 2. The second-order valence-corrected chi connectivity index (χ2v) is 4.81. The fourth-order valence-electron chi connectivity index (χ4n) is 2.04. The number of H-pyrrole nitrogens is 1. The van der Waals surface area contributed by atoms with Crippen LogP contribution < -0.4 is 10.1 Å². The molecule has 116 valence electrons. The zero-order chi connectivity index (χ0) is 16.1. The van der Waals surface area contributed by atoms with Gasteiger partial charge in [0.15, 0.2) is 5.82 Å². The van der Waals surface area contributed by atoms with Gasteiger partial charge in [0.25, 0.3) is 0 Å². The molecule has 1 amide bonds. The van der Waals surface area contributed by atoms with E-state index in [4.69, 9.17) is 4.74 Å². The van der Waals surface area contributed by atoms with Gasteiger partial charge in [0, 0.05) is 6.20 Å². The van der Waals surface area contributed by atoms with Crippen molar-refractivity contribution in [1.29, 1.82) is 0 Å². The summed E-state index contributed by atoms with van der Waals surface area (Å²) < 4.78 is 5.08. The fraction of sp³-hybridized carbons (Fsp3) is 0.125. The molecular weight excluding hydrogens is 294 g/mol. The van der Waals surface area contributed by atoms with Crippen molar-refractivity contribution in [2.24, 2.45) is 0 Å². The van der Waals surface area contributed by atoms with Crippen LogP contribution in [0.5, 0.6) is 5.75 Å². The number of hydrogen-bond acceptors (Lipinski definition) is 5. The van der Waals surface area contributed by atoms with Crippen molar-refractivity contribution in [3.05, 3.63) is 54.2 Å². The maximum absolute atomic E-state index is 12.0. The molecule has 1 aromatic carbocycles. The van der Waals surface area contributed by atoms with Crippen LogP contribution in [0.3, 0.4) is 0 Å². The molecule has 0 aliphatic heterocycles. The Bertz CT molecular complexity index is 784. The molecule has 0 aliphatic carbocycles. The largest absolute Gasteiger partial charge is 0.497 e. The zero-order valence-electron chi connectivity index (χ0n) is 12.5. The number of carbonyl (C=O) groups is 1. The second-order valence-electron chi connectivity index (χ2n) is 4.81. The fourth-order valence-corrected chi connectivity index (χ4v) is 2.04. The molecule has 0 unspecified atom stereocenters. The number of rotatable bonds is 5. The quantitative estimate of drug-likeness (QED) is 0.752. The first-order chi connectivity index (χ1) is 11.2. The first kappa shape index (κ1) is 14.7. The van der Waals surface area contributed by atoms with E-state index in [9.17, 15) is 4.79 Å². The molecule has 7 nitrogen and oxygen atoms in total. The van der Waals surface area contributed by atoms with Gasteiger partial charge in [0.1, 0.15) is 11.4 Å². The highest BCUT2D eigenvalue weighted by Crippen LogP contribution is 2.14. The van der Waals surface area contributed by atoms with Gasteiger partial charge in [0.2, 0.25) is 11.9 Å². The number of benzene rings is 1. The molecule has 0 saturated heterocycles. The Balaban J connectivity index is 1.63. The lowest BCUT2D eigenvalue weighted by Gasteiger charge is -2.03. The second kappa shape index (κ2) is 6.69. The lowest BCUT2D eigenvalue weighted by molar-refractivity contribution is -0.115. The van der Waals surface area contributed by atoms with Crippen molar-refractivity contribution in [3.8, 4) is 17.3 Å². The lowest BCUT2D eigenvalue weighted by atomic mass is 10.1. The van der Waals surface area contributed by atoms with Gasteiger partial charge >= 0.3 is 0 Å². The van der Waals surface area contributed by atoms with Crippen LogP contribution in [-0.2, 0) is 11.2 Å². The minimum Gasteiger partial charge on any atom is -0.497 e. The topological polar surface area (TPSA) is 92.8 Å². The third-order valence-electron chi connectivity index (χ3n) is 3.18. The summed E-state index contributed by atoms with van der Waals surface area (Å²) in [6.45, 7) is 0. The van der Waals surface area contributed by atoms with Gasteiger partial charge in [-0.05, 0) is 29.8 Å². The Kier molecular flexibility index (Phi) is 4.28. The molecule has 0 aliphatic rings. The summed E-state index contributed by atoms with van der Waals surface area (Å²) in [5, 5.41) is 10.6. The molecule has 0 atom stereocenters. The normalized spacial score (nSPS) is 10.3. The highest BCUT2D eigenvalue weighted by atomic mass is 16.5. The summed E-state index contributed by atoms with van der Waals surface area (Å²) in [5.41, 5.74) is 1.54. The van der Waals surface area contributed by atoms with E-state index in [0.29, 0.717) is 17.5 Å². The smallest absolute Gasteiger partial charge is 0.231 e. The first-order valence-corrected chi connectivity index (χ1v) is 7.01. The van der Waals surface area contributed by atoms with E-state index in [1.54, 1.807) is 13.3 Å². The van der Waals surface area contributed by atoms with E-state index >= 15 is 0 Å². The van der Waals surface area contributed by atoms with Crippen molar-refractivity contribution in [2.45, 2.75) is 6.42 Å². The zero-order valence-corrected chi connectivity index (χ0v) is 12.5. The van der Waals surface area contributed by atoms with Crippen LogP contribution in [0.1, 0.15) is 5.56 Å². The summed E-state index contributed by atoms with van der Waals surface area (Å²) in [4.78, 5) is 19.1. The maximum atomic E-state index is 12.0. The van der Waals surface area contributed by atoms with E-state index in [1.807, 2.05) is 42.5 Å². The van der Waals surface area contributed by atoms with Crippen molar-refractivity contribution in [1.82, 2.24) is 20.2 Å². The SMILES string of the molecule is COc1ccc(CC(=O)Nc2nnc(-c3ccccn3)[nH]2)cc1. The Morgan fingerprint density at radius 2 is 2.00 bits per heavy atom. The highest BCUT2D eigenvalue weighted by Gasteiger charge is 2.09. The molecule has 0 bridgehead atoms. The van der Waals surface area contributed by atoms with E-state index in [2.05, 4.69) is 25.5 Å².